The average molecular weight is 383 g/mol. The smallest absolute Gasteiger partial charge is 0.261 e. The zero-order valence-electron chi connectivity index (χ0n) is 16.2. The summed E-state index contributed by atoms with van der Waals surface area (Å²) in [5.41, 5.74) is 1.01. The molecule has 0 aromatic heterocycles. The molecule has 1 aromatic carbocycles. The summed E-state index contributed by atoms with van der Waals surface area (Å²) in [5, 5.41) is 3.00. The van der Waals surface area contributed by atoms with Crippen LogP contribution in [0.1, 0.15) is 70.6 Å². The number of amides is 4. The van der Waals surface area contributed by atoms with Crippen molar-refractivity contribution in [2.75, 3.05) is 13.1 Å². The highest BCUT2D eigenvalue weighted by atomic mass is 16.2. The van der Waals surface area contributed by atoms with E-state index in [1.165, 1.54) is 11.0 Å². The van der Waals surface area contributed by atoms with Crippen molar-refractivity contribution in [3.05, 3.63) is 34.9 Å². The molecule has 28 heavy (non-hydrogen) atoms. The van der Waals surface area contributed by atoms with E-state index in [0.29, 0.717) is 24.2 Å². The molecule has 1 aliphatic carbocycles. The molecule has 1 aromatic rings. The summed E-state index contributed by atoms with van der Waals surface area (Å²) in [7, 11) is 0. The van der Waals surface area contributed by atoms with Gasteiger partial charge in [-0.1, -0.05) is 0 Å². The molecule has 7 nitrogen and oxygen atoms in total. The van der Waals surface area contributed by atoms with Crippen molar-refractivity contribution < 1.29 is 19.2 Å². The van der Waals surface area contributed by atoms with Crippen molar-refractivity contribution in [3.8, 4) is 0 Å². The van der Waals surface area contributed by atoms with E-state index in [4.69, 9.17) is 0 Å². The van der Waals surface area contributed by atoms with E-state index in [-0.39, 0.29) is 47.2 Å². The van der Waals surface area contributed by atoms with Gasteiger partial charge < -0.3 is 10.2 Å². The van der Waals surface area contributed by atoms with Crippen LogP contribution in [0.2, 0.25) is 0 Å². The van der Waals surface area contributed by atoms with Crippen molar-refractivity contribution in [1.29, 1.82) is 0 Å². The largest absolute Gasteiger partial charge is 0.349 e. The van der Waals surface area contributed by atoms with Crippen LogP contribution in [0.25, 0.3) is 0 Å². The number of carbonyl (C=O) groups excluding carboxylic acids is 4. The Morgan fingerprint density at radius 2 is 1.64 bits per heavy atom. The fourth-order valence-corrected chi connectivity index (χ4v) is 3.97. The lowest BCUT2D eigenvalue weighted by Crippen LogP contribution is -2.47. The second kappa shape index (κ2) is 7.04. The minimum absolute atomic E-state index is 0.00787. The second-order valence-electron chi connectivity index (χ2n) is 8.18. The van der Waals surface area contributed by atoms with Crippen LogP contribution in [0.15, 0.2) is 18.2 Å². The Morgan fingerprint density at radius 1 is 1.00 bits per heavy atom. The fraction of sp³-hybridized carbons (Fsp3) is 0.524. The van der Waals surface area contributed by atoms with Crippen molar-refractivity contribution in [2.24, 2.45) is 5.92 Å². The topological polar surface area (TPSA) is 86.8 Å². The highest BCUT2D eigenvalue weighted by molar-refractivity contribution is 6.22. The van der Waals surface area contributed by atoms with Crippen LogP contribution < -0.4 is 5.32 Å². The molecule has 0 unspecified atom stereocenters. The van der Waals surface area contributed by atoms with E-state index in [1.807, 2.05) is 4.90 Å². The summed E-state index contributed by atoms with van der Waals surface area (Å²) in [6.45, 7) is 4.91. The Bertz CT molecular complexity index is 851. The first kappa shape index (κ1) is 18.7. The van der Waals surface area contributed by atoms with Crippen LogP contribution in [-0.2, 0) is 4.79 Å². The number of piperidine rings is 1. The number of fused-ring (bicyclic) bond motifs is 1. The number of likely N-dealkylation sites (tertiary alicyclic amines) is 1. The predicted molar refractivity (Wildman–Crippen MR) is 102 cm³/mol. The van der Waals surface area contributed by atoms with Gasteiger partial charge in [0.25, 0.3) is 17.7 Å². The van der Waals surface area contributed by atoms with Crippen molar-refractivity contribution >= 4 is 23.6 Å². The monoisotopic (exact) mass is 383 g/mol. The van der Waals surface area contributed by atoms with Crippen LogP contribution in [0.5, 0.6) is 0 Å². The summed E-state index contributed by atoms with van der Waals surface area (Å²) in [5.74, 6) is -0.436. The first-order chi connectivity index (χ1) is 13.4. The normalized spacial score (nSPS) is 20.0. The molecule has 7 heteroatoms. The Kier molecular flexibility index (Phi) is 4.69. The standard InChI is InChI=1S/C21H25N3O4/c1-12(2)24-20(27)16-6-5-14(11-17(16)21(24)28)18(25)22-15-7-9-23(10-8-15)19(26)13-3-4-13/h5-6,11-13,15H,3-4,7-10H2,1-2H3,(H,22,25). The van der Waals surface area contributed by atoms with Crippen LogP contribution in [0.3, 0.4) is 0 Å². The third kappa shape index (κ3) is 3.30. The molecule has 2 fully saturated rings. The molecule has 0 bridgehead atoms. The molecule has 4 amide bonds. The van der Waals surface area contributed by atoms with Gasteiger partial charge in [-0.25, -0.2) is 0 Å². The molecule has 0 radical (unpaired) electrons. The van der Waals surface area contributed by atoms with E-state index in [1.54, 1.807) is 26.0 Å². The van der Waals surface area contributed by atoms with Gasteiger partial charge in [-0.15, -0.1) is 0 Å². The lowest BCUT2D eigenvalue weighted by molar-refractivity contribution is -0.133. The van der Waals surface area contributed by atoms with E-state index >= 15 is 0 Å². The fourth-order valence-electron chi connectivity index (χ4n) is 3.97. The molecular weight excluding hydrogens is 358 g/mol. The molecule has 2 heterocycles. The highest BCUT2D eigenvalue weighted by Crippen LogP contribution is 2.32. The van der Waals surface area contributed by atoms with Crippen LogP contribution in [-0.4, -0.2) is 58.6 Å². The molecule has 2 aliphatic heterocycles. The number of nitrogens with zero attached hydrogens (tertiary/aromatic N) is 2. The van der Waals surface area contributed by atoms with Crippen LogP contribution in [0.4, 0.5) is 0 Å². The minimum Gasteiger partial charge on any atom is -0.349 e. The number of hydrogen-bond donors (Lipinski definition) is 1. The van der Waals surface area contributed by atoms with Gasteiger partial charge in [-0.2, -0.15) is 0 Å². The first-order valence-corrected chi connectivity index (χ1v) is 9.98. The zero-order valence-corrected chi connectivity index (χ0v) is 16.2. The van der Waals surface area contributed by atoms with Gasteiger partial charge in [-0.3, -0.25) is 24.1 Å². The second-order valence-corrected chi connectivity index (χ2v) is 8.18. The van der Waals surface area contributed by atoms with Gasteiger partial charge in [0, 0.05) is 36.7 Å². The molecule has 0 atom stereocenters. The summed E-state index contributed by atoms with van der Waals surface area (Å²) in [4.78, 5) is 52.8. The Labute approximate surface area is 164 Å². The lowest BCUT2D eigenvalue weighted by Gasteiger charge is -2.32. The molecular formula is C21H25N3O4. The molecule has 1 N–H and O–H groups in total. The summed E-state index contributed by atoms with van der Waals surface area (Å²) >= 11 is 0. The van der Waals surface area contributed by atoms with Gasteiger partial charge in [0.15, 0.2) is 0 Å². The number of rotatable bonds is 4. The third-order valence-electron chi connectivity index (χ3n) is 5.77. The summed E-state index contributed by atoms with van der Waals surface area (Å²) in [6, 6.07) is 4.44. The van der Waals surface area contributed by atoms with E-state index in [0.717, 1.165) is 25.7 Å². The number of imide groups is 1. The van der Waals surface area contributed by atoms with Crippen molar-refractivity contribution in [3.63, 3.8) is 0 Å². The highest BCUT2D eigenvalue weighted by Gasteiger charge is 2.38. The zero-order chi connectivity index (χ0) is 20.0. The van der Waals surface area contributed by atoms with Crippen LogP contribution >= 0.6 is 0 Å². The van der Waals surface area contributed by atoms with E-state index < -0.39 is 0 Å². The Hall–Kier alpha value is -2.70. The van der Waals surface area contributed by atoms with Gasteiger partial charge >= 0.3 is 0 Å². The maximum absolute atomic E-state index is 12.6. The van der Waals surface area contributed by atoms with E-state index in [2.05, 4.69) is 5.32 Å². The summed E-state index contributed by atoms with van der Waals surface area (Å²) < 4.78 is 0. The molecule has 4 rings (SSSR count). The molecule has 1 saturated carbocycles. The number of nitrogens with one attached hydrogen (secondary N) is 1. The minimum atomic E-state index is -0.350. The maximum atomic E-state index is 12.6. The average Bonchev–Trinajstić information content (AvgIpc) is 3.49. The number of carbonyl (C=O) groups is 4. The quantitative estimate of drug-likeness (QED) is 0.804. The van der Waals surface area contributed by atoms with Crippen molar-refractivity contribution in [2.45, 2.75) is 51.6 Å². The predicted octanol–water partition coefficient (Wildman–Crippen LogP) is 1.82. The molecule has 1 saturated heterocycles. The lowest BCUT2D eigenvalue weighted by atomic mass is 10.0. The number of benzene rings is 1. The van der Waals surface area contributed by atoms with Gasteiger partial charge in [0.1, 0.15) is 0 Å². The van der Waals surface area contributed by atoms with Gasteiger partial charge in [0.05, 0.1) is 11.1 Å². The van der Waals surface area contributed by atoms with Crippen molar-refractivity contribution in [1.82, 2.24) is 15.1 Å². The molecule has 0 spiro atoms. The Balaban J connectivity index is 1.39. The maximum Gasteiger partial charge on any atom is 0.261 e. The SMILES string of the molecule is CC(C)N1C(=O)c2ccc(C(=O)NC3CCN(C(=O)C4CC4)CC3)cc2C1=O. The molecule has 148 valence electrons. The van der Waals surface area contributed by atoms with Gasteiger partial charge in [-0.05, 0) is 57.7 Å². The Morgan fingerprint density at radius 3 is 2.25 bits per heavy atom. The third-order valence-corrected chi connectivity index (χ3v) is 5.77. The number of hydrogen-bond acceptors (Lipinski definition) is 4. The molecule has 3 aliphatic rings. The van der Waals surface area contributed by atoms with E-state index in [9.17, 15) is 19.2 Å². The van der Waals surface area contributed by atoms with Gasteiger partial charge in [0.2, 0.25) is 5.91 Å². The summed E-state index contributed by atoms with van der Waals surface area (Å²) in [6.07, 6.45) is 3.47. The first-order valence-electron chi connectivity index (χ1n) is 9.98. The van der Waals surface area contributed by atoms with Crippen LogP contribution in [0, 0.1) is 5.92 Å².